The Kier molecular flexibility index (Phi) is 4.39. The van der Waals surface area contributed by atoms with Crippen molar-refractivity contribution in [2.45, 2.75) is 13.5 Å². The second kappa shape index (κ2) is 6.62. The minimum atomic E-state index is -0.430. The number of nitrogens with zero attached hydrogens (tertiary/aromatic N) is 1. The molecular formula is C18H16N2O2S. The number of nitrogen functional groups attached to an aromatic ring is 1. The smallest absolute Gasteiger partial charge is 0.340 e. The lowest BCUT2D eigenvalue weighted by atomic mass is 10.1. The maximum Gasteiger partial charge on any atom is 0.340 e. The first-order valence-electron chi connectivity index (χ1n) is 7.17. The van der Waals surface area contributed by atoms with E-state index in [1.807, 2.05) is 48.7 Å². The molecule has 3 aromatic rings. The van der Waals surface area contributed by atoms with Crippen LogP contribution in [-0.4, -0.2) is 11.0 Å². The quantitative estimate of drug-likeness (QED) is 0.580. The summed E-state index contributed by atoms with van der Waals surface area (Å²) >= 11 is 1.53. The van der Waals surface area contributed by atoms with Crippen molar-refractivity contribution in [2.24, 2.45) is 0 Å². The van der Waals surface area contributed by atoms with Crippen LogP contribution in [0.3, 0.4) is 0 Å². The van der Waals surface area contributed by atoms with Gasteiger partial charge in [0.25, 0.3) is 0 Å². The predicted molar refractivity (Wildman–Crippen MR) is 92.3 cm³/mol. The third-order valence-electron chi connectivity index (χ3n) is 3.47. The average molecular weight is 324 g/mol. The minimum Gasteiger partial charge on any atom is -0.455 e. The molecule has 3 rings (SSSR count). The van der Waals surface area contributed by atoms with Gasteiger partial charge in [-0.2, -0.15) is 0 Å². The number of benzene rings is 2. The summed E-state index contributed by atoms with van der Waals surface area (Å²) in [5.41, 5.74) is 9.41. The van der Waals surface area contributed by atoms with E-state index in [0.717, 1.165) is 21.8 Å². The van der Waals surface area contributed by atoms with Crippen molar-refractivity contribution in [3.05, 3.63) is 70.7 Å². The molecule has 2 aromatic carbocycles. The minimum absolute atomic E-state index is 0.134. The van der Waals surface area contributed by atoms with Crippen molar-refractivity contribution < 1.29 is 9.53 Å². The summed E-state index contributed by atoms with van der Waals surface area (Å²) < 4.78 is 5.32. The monoisotopic (exact) mass is 324 g/mol. The summed E-state index contributed by atoms with van der Waals surface area (Å²) in [6.07, 6.45) is 0. The predicted octanol–water partition coefficient (Wildman–Crippen LogP) is 4.06. The van der Waals surface area contributed by atoms with Crippen LogP contribution in [0.5, 0.6) is 0 Å². The first-order chi connectivity index (χ1) is 11.1. The van der Waals surface area contributed by atoms with Crippen LogP contribution in [0.25, 0.3) is 10.6 Å². The van der Waals surface area contributed by atoms with Crippen LogP contribution < -0.4 is 5.73 Å². The number of aryl methyl sites for hydroxylation is 1. The zero-order chi connectivity index (χ0) is 16.2. The summed E-state index contributed by atoms with van der Waals surface area (Å²) in [7, 11) is 0. The first-order valence-corrected chi connectivity index (χ1v) is 8.05. The topological polar surface area (TPSA) is 65.2 Å². The highest BCUT2D eigenvalue weighted by Crippen LogP contribution is 2.24. The van der Waals surface area contributed by atoms with Gasteiger partial charge >= 0.3 is 5.97 Å². The fourth-order valence-corrected chi connectivity index (χ4v) is 2.97. The molecule has 4 nitrogen and oxygen atoms in total. The van der Waals surface area contributed by atoms with E-state index in [1.54, 1.807) is 12.1 Å². The Bertz CT molecular complexity index is 828. The molecule has 116 valence electrons. The normalized spacial score (nSPS) is 10.5. The Balaban J connectivity index is 1.68. The van der Waals surface area contributed by atoms with E-state index in [2.05, 4.69) is 4.98 Å². The third-order valence-corrected chi connectivity index (χ3v) is 4.41. The molecule has 1 aromatic heterocycles. The van der Waals surface area contributed by atoms with Gasteiger partial charge in [-0.25, -0.2) is 9.78 Å². The van der Waals surface area contributed by atoms with Crippen LogP contribution in [0.15, 0.2) is 53.9 Å². The lowest BCUT2D eigenvalue weighted by Gasteiger charge is -2.07. The summed E-state index contributed by atoms with van der Waals surface area (Å²) in [5.74, 6) is -0.430. The second-order valence-electron chi connectivity index (χ2n) is 5.12. The number of hydrogen-bond donors (Lipinski definition) is 1. The van der Waals surface area contributed by atoms with Gasteiger partial charge in [0.2, 0.25) is 0 Å². The number of carbonyl (C=O) groups is 1. The number of hydrogen-bond acceptors (Lipinski definition) is 5. The summed E-state index contributed by atoms with van der Waals surface area (Å²) in [5, 5.41) is 2.81. The van der Waals surface area contributed by atoms with Gasteiger partial charge in [0, 0.05) is 16.6 Å². The summed E-state index contributed by atoms with van der Waals surface area (Å²) in [4.78, 5) is 16.6. The van der Waals surface area contributed by atoms with Crippen molar-refractivity contribution >= 4 is 23.0 Å². The summed E-state index contributed by atoms with van der Waals surface area (Å²) in [6.45, 7) is 1.99. The zero-order valence-electron chi connectivity index (χ0n) is 12.7. The lowest BCUT2D eigenvalue weighted by molar-refractivity contribution is 0.0469. The molecule has 0 saturated heterocycles. The molecule has 0 atom stereocenters. The number of nitrogens with two attached hydrogens (primary N) is 1. The fraction of sp³-hybridized carbons (Fsp3) is 0.111. The zero-order valence-corrected chi connectivity index (χ0v) is 13.5. The van der Waals surface area contributed by atoms with Gasteiger partial charge in [-0.15, -0.1) is 11.3 Å². The largest absolute Gasteiger partial charge is 0.455 e. The number of aromatic nitrogens is 1. The molecule has 2 N–H and O–H groups in total. The number of carbonyl (C=O) groups excluding carboxylic acids is 1. The Morgan fingerprint density at radius 2 is 1.96 bits per heavy atom. The van der Waals surface area contributed by atoms with Gasteiger partial charge in [-0.3, -0.25) is 0 Å². The van der Waals surface area contributed by atoms with Crippen LogP contribution in [-0.2, 0) is 11.3 Å². The maximum atomic E-state index is 12.1. The van der Waals surface area contributed by atoms with Crippen LogP contribution in [0.1, 0.15) is 21.6 Å². The second-order valence-corrected chi connectivity index (χ2v) is 5.98. The lowest BCUT2D eigenvalue weighted by Crippen LogP contribution is -2.09. The Morgan fingerprint density at radius 1 is 1.17 bits per heavy atom. The van der Waals surface area contributed by atoms with Crippen LogP contribution >= 0.6 is 11.3 Å². The van der Waals surface area contributed by atoms with Crippen LogP contribution in [0, 0.1) is 6.92 Å². The first kappa shape index (κ1) is 15.2. The van der Waals surface area contributed by atoms with E-state index >= 15 is 0 Å². The number of ether oxygens (including phenoxy) is 1. The van der Waals surface area contributed by atoms with E-state index < -0.39 is 5.97 Å². The molecule has 5 heteroatoms. The maximum absolute atomic E-state index is 12.1. The molecule has 1 heterocycles. The molecule has 0 saturated carbocycles. The number of esters is 1. The van der Waals surface area contributed by atoms with E-state index in [1.165, 1.54) is 11.3 Å². The Hall–Kier alpha value is -2.66. The van der Waals surface area contributed by atoms with Crippen LogP contribution in [0.2, 0.25) is 0 Å². The van der Waals surface area contributed by atoms with E-state index in [0.29, 0.717) is 11.3 Å². The van der Waals surface area contributed by atoms with Crippen molar-refractivity contribution in [3.8, 4) is 10.6 Å². The van der Waals surface area contributed by atoms with Crippen molar-refractivity contribution in [1.29, 1.82) is 0 Å². The molecule has 0 aliphatic rings. The molecule has 0 bridgehead atoms. The molecule has 0 radical (unpaired) electrons. The van der Waals surface area contributed by atoms with E-state index in [4.69, 9.17) is 10.5 Å². The SMILES string of the molecule is Cc1cccc(C(=O)OCc2csc(-c3ccccc3)n2)c1N. The number of para-hydroxylation sites is 1. The highest BCUT2D eigenvalue weighted by Gasteiger charge is 2.13. The number of thiazole rings is 1. The average Bonchev–Trinajstić information content (AvgIpc) is 3.05. The van der Waals surface area contributed by atoms with Crippen molar-refractivity contribution in [2.75, 3.05) is 5.73 Å². The van der Waals surface area contributed by atoms with Gasteiger partial charge in [0.1, 0.15) is 11.6 Å². The highest BCUT2D eigenvalue weighted by atomic mass is 32.1. The van der Waals surface area contributed by atoms with Crippen LogP contribution in [0.4, 0.5) is 5.69 Å². The van der Waals surface area contributed by atoms with Crippen molar-refractivity contribution in [3.63, 3.8) is 0 Å². The van der Waals surface area contributed by atoms with Gasteiger partial charge in [0.05, 0.1) is 11.3 Å². The third kappa shape index (κ3) is 3.40. The van der Waals surface area contributed by atoms with Gasteiger partial charge < -0.3 is 10.5 Å². The number of anilines is 1. The molecule has 0 aliphatic carbocycles. The Morgan fingerprint density at radius 3 is 2.74 bits per heavy atom. The molecule has 0 amide bonds. The van der Waals surface area contributed by atoms with Gasteiger partial charge in [-0.1, -0.05) is 42.5 Å². The fourth-order valence-electron chi connectivity index (χ4n) is 2.16. The molecular weight excluding hydrogens is 308 g/mol. The molecule has 0 aliphatic heterocycles. The standard InChI is InChI=1S/C18H16N2O2S/c1-12-6-5-9-15(16(12)19)18(21)22-10-14-11-23-17(20-14)13-7-3-2-4-8-13/h2-9,11H,10,19H2,1H3. The van der Waals surface area contributed by atoms with E-state index in [-0.39, 0.29) is 6.61 Å². The molecule has 0 fully saturated rings. The Labute approximate surface area is 138 Å². The van der Waals surface area contributed by atoms with E-state index in [9.17, 15) is 4.79 Å². The van der Waals surface area contributed by atoms with Gasteiger partial charge in [-0.05, 0) is 18.6 Å². The molecule has 0 unspecified atom stereocenters. The summed E-state index contributed by atoms with van der Waals surface area (Å²) in [6, 6.07) is 15.2. The molecule has 23 heavy (non-hydrogen) atoms. The highest BCUT2D eigenvalue weighted by molar-refractivity contribution is 7.13. The van der Waals surface area contributed by atoms with Gasteiger partial charge in [0.15, 0.2) is 0 Å². The van der Waals surface area contributed by atoms with Crippen molar-refractivity contribution in [1.82, 2.24) is 4.98 Å². The number of rotatable bonds is 4. The molecule has 0 spiro atoms.